The maximum atomic E-state index is 10.2. The molecule has 1 aromatic heterocycles. The van der Waals surface area contributed by atoms with E-state index in [1.165, 1.54) is 11.3 Å². The van der Waals surface area contributed by atoms with Crippen LogP contribution in [0.3, 0.4) is 0 Å². The fraction of sp³-hybridized carbons (Fsp3) is 0.444. The van der Waals surface area contributed by atoms with Gasteiger partial charge in [0, 0.05) is 6.42 Å². The van der Waals surface area contributed by atoms with Gasteiger partial charge in [0.1, 0.15) is 0 Å². The maximum Gasteiger partial charge on any atom is 0.303 e. The number of rotatable bonds is 6. The van der Waals surface area contributed by atoms with E-state index in [0.29, 0.717) is 13.0 Å². The summed E-state index contributed by atoms with van der Waals surface area (Å²) in [5.41, 5.74) is 0. The fourth-order valence-electron chi connectivity index (χ4n) is 0.939. The molecule has 0 saturated heterocycles. The molecule has 1 N–H and O–H groups in total. The molecule has 78 valence electrons. The van der Waals surface area contributed by atoms with Crippen LogP contribution >= 0.6 is 24.0 Å². The lowest BCUT2D eigenvalue weighted by Gasteiger charge is -2.01. The molecular weight excluding hydrogens is 220 g/mol. The number of ether oxygens (including phenoxy) is 1. The number of carboxylic acid groups (broad SMARTS) is 1. The molecule has 14 heavy (non-hydrogen) atoms. The van der Waals surface area contributed by atoms with Crippen molar-refractivity contribution in [3.8, 4) is 5.06 Å². The van der Waals surface area contributed by atoms with Gasteiger partial charge in [0.25, 0.3) is 0 Å². The van der Waals surface area contributed by atoms with E-state index in [2.05, 4.69) is 12.6 Å². The van der Waals surface area contributed by atoms with Gasteiger partial charge in [0.15, 0.2) is 5.06 Å². The number of unbranched alkanes of at least 4 members (excludes halogenated alkanes) is 1. The summed E-state index contributed by atoms with van der Waals surface area (Å²) in [4.78, 5) is 10.2. The van der Waals surface area contributed by atoms with Crippen LogP contribution in [0, 0.1) is 0 Å². The first-order valence-electron chi connectivity index (χ1n) is 4.32. The summed E-state index contributed by atoms with van der Waals surface area (Å²) in [6.07, 6.45) is 1.65. The molecule has 1 aromatic rings. The predicted octanol–water partition coefficient (Wildman–Crippen LogP) is 2.67. The summed E-state index contributed by atoms with van der Waals surface area (Å²) in [7, 11) is 0. The Kier molecular flexibility index (Phi) is 4.82. The SMILES string of the molecule is O=C(O)CCCCOc1ccc(S)s1. The molecule has 0 spiro atoms. The van der Waals surface area contributed by atoms with Crippen LogP contribution in [0.1, 0.15) is 19.3 Å². The van der Waals surface area contributed by atoms with Gasteiger partial charge in [-0.3, -0.25) is 4.79 Å². The van der Waals surface area contributed by atoms with E-state index in [9.17, 15) is 4.79 Å². The number of hydrogen-bond donors (Lipinski definition) is 2. The molecule has 0 aliphatic carbocycles. The first kappa shape index (κ1) is 11.4. The zero-order valence-electron chi connectivity index (χ0n) is 7.60. The molecule has 0 aliphatic heterocycles. The predicted molar refractivity (Wildman–Crippen MR) is 58.6 cm³/mol. The lowest BCUT2D eigenvalue weighted by Crippen LogP contribution is -1.99. The highest BCUT2D eigenvalue weighted by Crippen LogP contribution is 2.26. The van der Waals surface area contributed by atoms with E-state index in [-0.39, 0.29) is 6.42 Å². The molecule has 0 bridgehead atoms. The lowest BCUT2D eigenvalue weighted by molar-refractivity contribution is -0.137. The van der Waals surface area contributed by atoms with Crippen molar-refractivity contribution >= 4 is 29.9 Å². The summed E-state index contributed by atoms with van der Waals surface area (Å²) in [5, 5.41) is 9.22. The summed E-state index contributed by atoms with van der Waals surface area (Å²) < 4.78 is 6.31. The Morgan fingerprint density at radius 1 is 1.50 bits per heavy atom. The molecule has 3 nitrogen and oxygen atoms in total. The average Bonchev–Trinajstić information content (AvgIpc) is 2.50. The quantitative estimate of drug-likeness (QED) is 0.585. The van der Waals surface area contributed by atoms with Gasteiger partial charge >= 0.3 is 5.97 Å². The van der Waals surface area contributed by atoms with Crippen LogP contribution < -0.4 is 4.74 Å². The second-order valence-electron chi connectivity index (χ2n) is 2.79. The third kappa shape index (κ3) is 4.53. The van der Waals surface area contributed by atoms with Crippen molar-refractivity contribution in [1.29, 1.82) is 0 Å². The van der Waals surface area contributed by atoms with Crippen molar-refractivity contribution in [3.05, 3.63) is 12.1 Å². The van der Waals surface area contributed by atoms with Crippen molar-refractivity contribution in [2.45, 2.75) is 23.5 Å². The van der Waals surface area contributed by atoms with Crippen molar-refractivity contribution in [3.63, 3.8) is 0 Å². The van der Waals surface area contributed by atoms with Gasteiger partial charge in [-0.1, -0.05) is 11.3 Å². The summed E-state index contributed by atoms with van der Waals surface area (Å²) in [6, 6.07) is 3.74. The van der Waals surface area contributed by atoms with Crippen LogP contribution in [-0.4, -0.2) is 17.7 Å². The number of aliphatic carboxylic acids is 1. The molecule has 0 aromatic carbocycles. The second-order valence-corrected chi connectivity index (χ2v) is 4.62. The van der Waals surface area contributed by atoms with Crippen molar-refractivity contribution in [2.24, 2.45) is 0 Å². The minimum Gasteiger partial charge on any atom is -0.484 e. The fourth-order valence-corrected chi connectivity index (χ4v) is 1.90. The zero-order chi connectivity index (χ0) is 10.4. The third-order valence-electron chi connectivity index (χ3n) is 1.60. The number of carbonyl (C=O) groups is 1. The molecule has 0 fully saturated rings. The van der Waals surface area contributed by atoms with Crippen molar-refractivity contribution in [2.75, 3.05) is 6.61 Å². The van der Waals surface area contributed by atoms with E-state index in [0.717, 1.165) is 15.7 Å². The van der Waals surface area contributed by atoms with Gasteiger partial charge in [-0.15, -0.1) is 12.6 Å². The van der Waals surface area contributed by atoms with Crippen LogP contribution in [0.25, 0.3) is 0 Å². The van der Waals surface area contributed by atoms with Gasteiger partial charge in [-0.2, -0.15) is 0 Å². The summed E-state index contributed by atoms with van der Waals surface area (Å²) in [6.45, 7) is 0.570. The highest BCUT2D eigenvalue weighted by Gasteiger charge is 1.99. The van der Waals surface area contributed by atoms with Gasteiger partial charge in [0.05, 0.1) is 10.8 Å². The Balaban J connectivity index is 2.07. The largest absolute Gasteiger partial charge is 0.484 e. The van der Waals surface area contributed by atoms with Gasteiger partial charge in [-0.05, 0) is 25.0 Å². The van der Waals surface area contributed by atoms with Gasteiger partial charge in [0.2, 0.25) is 0 Å². The van der Waals surface area contributed by atoms with Crippen molar-refractivity contribution in [1.82, 2.24) is 0 Å². The number of hydrogen-bond acceptors (Lipinski definition) is 4. The van der Waals surface area contributed by atoms with Crippen LogP contribution in [0.4, 0.5) is 0 Å². The molecule has 1 heterocycles. The first-order valence-corrected chi connectivity index (χ1v) is 5.58. The standard InChI is InChI=1S/C9H12O3S2/c10-7(11)3-1-2-6-12-8-4-5-9(13)14-8/h4-5,13H,1-3,6H2,(H,10,11). The average molecular weight is 232 g/mol. The smallest absolute Gasteiger partial charge is 0.303 e. The Labute approximate surface area is 92.1 Å². The topological polar surface area (TPSA) is 46.5 Å². The zero-order valence-corrected chi connectivity index (χ0v) is 9.31. The number of carboxylic acids is 1. The first-order chi connectivity index (χ1) is 6.68. The lowest BCUT2D eigenvalue weighted by atomic mass is 10.2. The van der Waals surface area contributed by atoms with E-state index in [1.54, 1.807) is 0 Å². The Hall–Kier alpha value is -0.680. The normalized spacial score (nSPS) is 10.1. The molecule has 0 amide bonds. The van der Waals surface area contributed by atoms with Crippen LogP contribution in [0.15, 0.2) is 16.3 Å². The van der Waals surface area contributed by atoms with E-state index < -0.39 is 5.97 Å². The Morgan fingerprint density at radius 3 is 2.86 bits per heavy atom. The Bertz CT molecular complexity index is 296. The minimum atomic E-state index is -0.751. The molecule has 0 radical (unpaired) electrons. The number of thiophene rings is 1. The molecule has 0 saturated carbocycles. The monoisotopic (exact) mass is 232 g/mol. The third-order valence-corrected chi connectivity index (χ3v) is 2.82. The maximum absolute atomic E-state index is 10.2. The summed E-state index contributed by atoms with van der Waals surface area (Å²) >= 11 is 5.63. The Morgan fingerprint density at radius 2 is 2.29 bits per heavy atom. The van der Waals surface area contributed by atoms with Gasteiger partial charge < -0.3 is 9.84 Å². The molecule has 5 heteroatoms. The minimum absolute atomic E-state index is 0.214. The van der Waals surface area contributed by atoms with Gasteiger partial charge in [-0.25, -0.2) is 0 Å². The van der Waals surface area contributed by atoms with E-state index >= 15 is 0 Å². The highest BCUT2D eigenvalue weighted by atomic mass is 32.2. The molecule has 1 rings (SSSR count). The molecule has 0 atom stereocenters. The van der Waals surface area contributed by atoms with Crippen LogP contribution in [-0.2, 0) is 4.79 Å². The second kappa shape index (κ2) is 5.93. The molecule has 0 unspecified atom stereocenters. The van der Waals surface area contributed by atoms with Crippen LogP contribution in [0.5, 0.6) is 5.06 Å². The van der Waals surface area contributed by atoms with E-state index in [4.69, 9.17) is 9.84 Å². The van der Waals surface area contributed by atoms with E-state index in [1.807, 2.05) is 12.1 Å². The number of thiol groups is 1. The summed E-state index contributed by atoms with van der Waals surface area (Å²) in [5.74, 6) is -0.751. The highest BCUT2D eigenvalue weighted by molar-refractivity contribution is 7.83. The molecular formula is C9H12O3S2. The van der Waals surface area contributed by atoms with Crippen molar-refractivity contribution < 1.29 is 14.6 Å². The van der Waals surface area contributed by atoms with Crippen LogP contribution in [0.2, 0.25) is 0 Å². The molecule has 0 aliphatic rings.